The molecular formula is C28H32F2N4O4. The van der Waals surface area contributed by atoms with Gasteiger partial charge in [-0.15, -0.1) is 0 Å². The van der Waals surface area contributed by atoms with Crippen LogP contribution in [0.1, 0.15) is 40.4 Å². The number of carbonyl (C=O) groups is 1. The summed E-state index contributed by atoms with van der Waals surface area (Å²) in [5, 5.41) is 14.2. The molecule has 0 radical (unpaired) electrons. The van der Waals surface area contributed by atoms with Crippen molar-refractivity contribution in [2.45, 2.75) is 37.3 Å². The topological polar surface area (TPSA) is 120 Å². The molecule has 3 aromatic rings. The Morgan fingerprint density at radius 3 is 2.74 bits per heavy atom. The van der Waals surface area contributed by atoms with E-state index < -0.39 is 23.8 Å². The third kappa shape index (κ3) is 5.98. The average molecular weight is 527 g/mol. The molecule has 202 valence electrons. The number of ether oxygens (including phenoxy) is 2. The van der Waals surface area contributed by atoms with Crippen molar-refractivity contribution in [3.8, 4) is 17.0 Å². The van der Waals surface area contributed by atoms with Crippen molar-refractivity contribution in [1.29, 1.82) is 0 Å². The first-order valence-corrected chi connectivity index (χ1v) is 12.5. The Labute approximate surface area is 220 Å². The summed E-state index contributed by atoms with van der Waals surface area (Å²) in [5.74, 6) is -1.62. The van der Waals surface area contributed by atoms with Crippen LogP contribution < -0.4 is 15.8 Å². The lowest BCUT2D eigenvalue weighted by molar-refractivity contribution is 0.0435. The Balaban J connectivity index is 1.75. The normalized spacial score (nSPS) is 21.2. The Morgan fingerprint density at radius 1 is 1.18 bits per heavy atom. The molecule has 2 aromatic heterocycles. The van der Waals surface area contributed by atoms with Crippen LogP contribution in [0.4, 0.5) is 14.5 Å². The van der Waals surface area contributed by atoms with Gasteiger partial charge in [-0.05, 0) is 66.5 Å². The Bertz CT molecular complexity index is 1280. The molecule has 2 heterocycles. The van der Waals surface area contributed by atoms with Crippen LogP contribution in [-0.4, -0.2) is 60.9 Å². The Morgan fingerprint density at radius 2 is 2.00 bits per heavy atom. The number of nitrogens with zero attached hydrogens (tertiary/aromatic N) is 2. The maximum Gasteiger partial charge on any atom is 0.168 e. The first-order valence-electron chi connectivity index (χ1n) is 12.5. The van der Waals surface area contributed by atoms with E-state index in [1.165, 1.54) is 13.2 Å². The minimum atomic E-state index is -0.862. The summed E-state index contributed by atoms with van der Waals surface area (Å²) in [4.78, 5) is 19.6. The molecule has 1 aromatic carbocycles. The minimum Gasteiger partial charge on any atom is -0.491 e. The number of hydrogen-bond donors (Lipinski definition) is 3. The van der Waals surface area contributed by atoms with E-state index in [2.05, 4.69) is 15.3 Å². The monoisotopic (exact) mass is 526 g/mol. The van der Waals surface area contributed by atoms with Crippen molar-refractivity contribution in [2.24, 2.45) is 11.7 Å². The van der Waals surface area contributed by atoms with Crippen LogP contribution in [0.5, 0.6) is 5.75 Å². The van der Waals surface area contributed by atoms with Gasteiger partial charge in [0.05, 0.1) is 24.6 Å². The number of aliphatic hydroxyl groups excluding tert-OH is 1. The molecule has 3 unspecified atom stereocenters. The molecule has 0 aliphatic heterocycles. The second-order valence-corrected chi connectivity index (χ2v) is 9.46. The number of carbonyl (C=O) groups excluding carboxylic acids is 1. The number of benzene rings is 1. The number of aliphatic hydroxyl groups is 1. The molecule has 38 heavy (non-hydrogen) atoms. The van der Waals surface area contributed by atoms with Crippen LogP contribution in [0.3, 0.4) is 0 Å². The van der Waals surface area contributed by atoms with Gasteiger partial charge < -0.3 is 25.6 Å². The maximum absolute atomic E-state index is 15.6. The predicted octanol–water partition coefficient (Wildman–Crippen LogP) is 3.73. The maximum atomic E-state index is 15.6. The highest BCUT2D eigenvalue weighted by atomic mass is 19.1. The zero-order valence-corrected chi connectivity index (χ0v) is 21.4. The van der Waals surface area contributed by atoms with Gasteiger partial charge in [0.1, 0.15) is 35.4 Å². The SMILES string of the molecule is CNc1cnccc1C1CC(N)C(O)[C@@H](Cc2cc(OCCOC)cc(F)c2-c2nc(C=O)ccc2F)C1. The van der Waals surface area contributed by atoms with E-state index in [1.807, 2.05) is 13.1 Å². The molecule has 10 heteroatoms. The third-order valence-corrected chi connectivity index (χ3v) is 7.04. The fourth-order valence-corrected chi connectivity index (χ4v) is 5.22. The molecule has 4 rings (SSSR count). The average Bonchev–Trinajstić information content (AvgIpc) is 2.92. The van der Waals surface area contributed by atoms with Gasteiger partial charge >= 0.3 is 0 Å². The lowest BCUT2D eigenvalue weighted by Gasteiger charge is -2.38. The molecular weight excluding hydrogens is 494 g/mol. The smallest absolute Gasteiger partial charge is 0.168 e. The van der Waals surface area contributed by atoms with Crippen molar-refractivity contribution in [3.63, 3.8) is 0 Å². The molecule has 4 N–H and O–H groups in total. The van der Waals surface area contributed by atoms with Crippen molar-refractivity contribution in [3.05, 3.63) is 71.2 Å². The highest BCUT2D eigenvalue weighted by Gasteiger charge is 2.37. The number of anilines is 1. The van der Waals surface area contributed by atoms with E-state index in [1.54, 1.807) is 18.5 Å². The number of aldehydes is 1. The van der Waals surface area contributed by atoms with Gasteiger partial charge in [0.25, 0.3) is 0 Å². The second-order valence-electron chi connectivity index (χ2n) is 9.46. The largest absolute Gasteiger partial charge is 0.491 e. The quantitative estimate of drug-likeness (QED) is 0.270. The van der Waals surface area contributed by atoms with Gasteiger partial charge in [-0.25, -0.2) is 13.8 Å². The molecule has 1 saturated carbocycles. The Hall–Kier alpha value is -3.47. The lowest BCUT2D eigenvalue weighted by atomic mass is 9.71. The van der Waals surface area contributed by atoms with Gasteiger partial charge in [-0.1, -0.05) is 0 Å². The zero-order valence-electron chi connectivity index (χ0n) is 21.4. The van der Waals surface area contributed by atoms with Gasteiger partial charge in [0.15, 0.2) is 6.29 Å². The van der Waals surface area contributed by atoms with Crippen molar-refractivity contribution >= 4 is 12.0 Å². The fraction of sp³-hybridized carbons (Fsp3) is 0.393. The van der Waals surface area contributed by atoms with Gasteiger partial charge in [0.2, 0.25) is 0 Å². The first kappa shape index (κ1) is 27.6. The second kappa shape index (κ2) is 12.4. The van der Waals surface area contributed by atoms with Gasteiger partial charge in [-0.2, -0.15) is 0 Å². The van der Waals surface area contributed by atoms with E-state index in [4.69, 9.17) is 15.2 Å². The number of nitrogens with one attached hydrogen (secondary N) is 1. The first-order chi connectivity index (χ1) is 18.4. The Kier molecular flexibility index (Phi) is 8.98. The molecule has 0 bridgehead atoms. The van der Waals surface area contributed by atoms with E-state index in [-0.39, 0.29) is 47.6 Å². The summed E-state index contributed by atoms with van der Waals surface area (Å²) in [6.45, 7) is 0.490. The fourth-order valence-electron chi connectivity index (χ4n) is 5.22. The predicted molar refractivity (Wildman–Crippen MR) is 139 cm³/mol. The van der Waals surface area contributed by atoms with Gasteiger partial charge in [0, 0.05) is 38.0 Å². The van der Waals surface area contributed by atoms with Gasteiger partial charge in [-0.3, -0.25) is 9.78 Å². The lowest BCUT2D eigenvalue weighted by Crippen LogP contribution is -2.46. The zero-order chi connectivity index (χ0) is 27.2. The van der Waals surface area contributed by atoms with Crippen molar-refractivity contribution in [2.75, 3.05) is 32.7 Å². The highest BCUT2D eigenvalue weighted by Crippen LogP contribution is 2.42. The number of pyridine rings is 2. The van der Waals surface area contributed by atoms with Crippen LogP contribution in [0.2, 0.25) is 0 Å². The summed E-state index contributed by atoms with van der Waals surface area (Å²) >= 11 is 0. The molecule has 1 fully saturated rings. The molecule has 0 spiro atoms. The molecule has 1 aliphatic carbocycles. The number of halogens is 2. The molecule has 8 nitrogen and oxygen atoms in total. The third-order valence-electron chi connectivity index (χ3n) is 7.04. The number of nitrogens with two attached hydrogens (primary N) is 1. The number of hydrogen-bond acceptors (Lipinski definition) is 8. The minimum absolute atomic E-state index is 0.0199. The van der Waals surface area contributed by atoms with Crippen LogP contribution >= 0.6 is 0 Å². The van der Waals surface area contributed by atoms with E-state index >= 15 is 4.39 Å². The van der Waals surface area contributed by atoms with E-state index in [0.717, 1.165) is 23.4 Å². The summed E-state index contributed by atoms with van der Waals surface area (Å²) in [5.41, 5.74) is 8.31. The van der Waals surface area contributed by atoms with Crippen molar-refractivity contribution in [1.82, 2.24) is 9.97 Å². The molecule has 0 amide bonds. The van der Waals surface area contributed by atoms with Crippen LogP contribution in [0.15, 0.2) is 42.7 Å². The van der Waals surface area contributed by atoms with Crippen LogP contribution in [0.25, 0.3) is 11.3 Å². The summed E-state index contributed by atoms with van der Waals surface area (Å²) in [6.07, 6.45) is 4.38. The van der Waals surface area contributed by atoms with Crippen molar-refractivity contribution < 1.29 is 28.2 Å². The summed E-state index contributed by atoms with van der Waals surface area (Å²) < 4.78 is 41.2. The highest BCUT2D eigenvalue weighted by molar-refractivity contribution is 5.75. The molecule has 0 saturated heterocycles. The number of rotatable bonds is 10. The van der Waals surface area contributed by atoms with E-state index in [0.29, 0.717) is 31.3 Å². The standard InChI is InChI=1S/C28H32F2N4O4/c1-32-25-14-33-6-5-21(25)16-9-18(28(36)24(31)12-16)10-17-11-20(38-8-7-37-2)13-23(30)26(17)27-22(29)4-3-19(15-35)34-27/h3-6,11,13-16,18,24,28,32,36H,7-10,12,31H2,1-2H3/t16?,18-,24?,28?/m1/s1. The van der Waals surface area contributed by atoms with Crippen LogP contribution in [-0.2, 0) is 11.2 Å². The number of methoxy groups -OCH3 is 1. The van der Waals surface area contributed by atoms with E-state index in [9.17, 15) is 14.3 Å². The number of aromatic nitrogens is 2. The molecule has 1 aliphatic rings. The van der Waals surface area contributed by atoms with Crippen LogP contribution in [0, 0.1) is 17.6 Å². The summed E-state index contributed by atoms with van der Waals surface area (Å²) in [7, 11) is 3.34. The summed E-state index contributed by atoms with van der Waals surface area (Å²) in [6, 6.07) is 6.51. The molecule has 4 atom stereocenters.